The maximum absolute atomic E-state index is 11.3. The summed E-state index contributed by atoms with van der Waals surface area (Å²) in [5.41, 5.74) is 5.24. The first kappa shape index (κ1) is 14.2. The molecule has 0 spiro atoms. The van der Waals surface area contributed by atoms with Crippen molar-refractivity contribution in [2.45, 2.75) is 13.3 Å². The molecule has 4 nitrogen and oxygen atoms in total. The minimum absolute atomic E-state index is 0.134. The number of nitrogens with two attached hydrogens (primary N) is 1. The van der Waals surface area contributed by atoms with Gasteiger partial charge in [0.15, 0.2) is 0 Å². The lowest BCUT2D eigenvalue weighted by molar-refractivity contribution is 0.560. The molecule has 6 heteroatoms. The molecule has 14 heavy (non-hydrogen) atoms. The lowest BCUT2D eigenvalue weighted by atomic mass is 10.2. The predicted molar refractivity (Wildman–Crippen MR) is 63.0 cm³/mol. The highest BCUT2D eigenvalue weighted by atomic mass is 32.2. The molecule has 0 saturated carbocycles. The first-order chi connectivity index (χ1) is 6.52. The first-order valence-electron chi connectivity index (χ1n) is 4.68. The van der Waals surface area contributed by atoms with E-state index < -0.39 is 10.0 Å². The monoisotopic (exact) mass is 240 g/mol. The normalized spacial score (nSPS) is 14.2. The number of nitrogens with one attached hydrogen (secondary N) is 1. The summed E-state index contributed by atoms with van der Waals surface area (Å²) < 4.78 is 25.2. The van der Waals surface area contributed by atoms with Gasteiger partial charge in [0.1, 0.15) is 0 Å². The van der Waals surface area contributed by atoms with E-state index in [9.17, 15) is 8.42 Å². The molecule has 0 aliphatic carbocycles. The fraction of sp³-hybridized carbons (Fsp3) is 1.00. The quantitative estimate of drug-likeness (QED) is 0.638. The number of thioether (sulfide) groups is 1. The van der Waals surface area contributed by atoms with Crippen molar-refractivity contribution in [3.05, 3.63) is 0 Å². The zero-order chi connectivity index (χ0) is 11.0. The smallest absolute Gasteiger partial charge is 0.211 e. The molecule has 0 aromatic heterocycles. The molecule has 0 aliphatic heterocycles. The van der Waals surface area contributed by atoms with Crippen LogP contribution in [-0.2, 0) is 10.0 Å². The van der Waals surface area contributed by atoms with Crippen LogP contribution in [0.3, 0.4) is 0 Å². The van der Waals surface area contributed by atoms with Crippen LogP contribution in [0.5, 0.6) is 0 Å². The van der Waals surface area contributed by atoms with Gasteiger partial charge < -0.3 is 5.73 Å². The summed E-state index contributed by atoms with van der Waals surface area (Å²) in [6.45, 7) is 2.97. The molecule has 0 fully saturated rings. The van der Waals surface area contributed by atoms with E-state index in [1.807, 2.05) is 13.2 Å². The van der Waals surface area contributed by atoms with Gasteiger partial charge in [0.2, 0.25) is 10.0 Å². The first-order valence-corrected chi connectivity index (χ1v) is 7.72. The van der Waals surface area contributed by atoms with Crippen molar-refractivity contribution in [1.82, 2.24) is 4.72 Å². The van der Waals surface area contributed by atoms with Crippen LogP contribution in [0.4, 0.5) is 0 Å². The van der Waals surface area contributed by atoms with Crippen molar-refractivity contribution in [2.24, 2.45) is 11.7 Å². The molecular formula is C8H20N2O2S2. The average Bonchev–Trinajstić information content (AvgIpc) is 2.13. The summed E-state index contributed by atoms with van der Waals surface area (Å²) in [5.74, 6) is 1.48. The van der Waals surface area contributed by atoms with Gasteiger partial charge in [-0.3, -0.25) is 0 Å². The summed E-state index contributed by atoms with van der Waals surface area (Å²) in [6, 6.07) is 0. The molecule has 1 unspecified atom stereocenters. The Kier molecular flexibility index (Phi) is 7.62. The predicted octanol–water partition coefficient (Wildman–Crippen LogP) is 0.254. The summed E-state index contributed by atoms with van der Waals surface area (Å²) in [5, 5.41) is 0. The molecule has 0 saturated heterocycles. The van der Waals surface area contributed by atoms with Gasteiger partial charge in [0.25, 0.3) is 0 Å². The van der Waals surface area contributed by atoms with Gasteiger partial charge in [-0.2, -0.15) is 11.8 Å². The Morgan fingerprint density at radius 1 is 1.50 bits per heavy atom. The Morgan fingerprint density at radius 2 is 2.14 bits per heavy atom. The third-order valence-electron chi connectivity index (χ3n) is 1.72. The van der Waals surface area contributed by atoms with Crippen LogP contribution in [0.25, 0.3) is 0 Å². The Bertz CT molecular complexity index is 229. The van der Waals surface area contributed by atoms with Crippen molar-refractivity contribution in [3.63, 3.8) is 0 Å². The second-order valence-electron chi connectivity index (χ2n) is 3.37. The van der Waals surface area contributed by atoms with E-state index in [0.29, 0.717) is 25.4 Å². The maximum atomic E-state index is 11.3. The van der Waals surface area contributed by atoms with Gasteiger partial charge in [-0.1, -0.05) is 6.92 Å². The topological polar surface area (TPSA) is 72.2 Å². The molecule has 3 N–H and O–H groups in total. The van der Waals surface area contributed by atoms with Gasteiger partial charge in [-0.05, 0) is 30.9 Å². The average molecular weight is 240 g/mol. The zero-order valence-corrected chi connectivity index (χ0v) is 10.5. The van der Waals surface area contributed by atoms with Crippen molar-refractivity contribution >= 4 is 21.8 Å². The molecule has 0 amide bonds. The molecule has 1 atom stereocenters. The summed E-state index contributed by atoms with van der Waals surface area (Å²) in [7, 11) is -3.10. The molecule has 0 aliphatic rings. The Balaban J connectivity index is 3.75. The van der Waals surface area contributed by atoms with Gasteiger partial charge >= 0.3 is 0 Å². The van der Waals surface area contributed by atoms with Crippen molar-refractivity contribution in [3.8, 4) is 0 Å². The van der Waals surface area contributed by atoms with Crippen molar-refractivity contribution < 1.29 is 8.42 Å². The third-order valence-corrected chi connectivity index (χ3v) is 4.06. The van der Waals surface area contributed by atoms with E-state index >= 15 is 0 Å². The van der Waals surface area contributed by atoms with E-state index in [1.54, 1.807) is 11.8 Å². The van der Waals surface area contributed by atoms with Crippen molar-refractivity contribution in [2.75, 3.05) is 30.9 Å². The van der Waals surface area contributed by atoms with E-state index in [2.05, 4.69) is 4.72 Å². The van der Waals surface area contributed by atoms with E-state index in [0.717, 1.165) is 5.75 Å². The summed E-state index contributed by atoms with van der Waals surface area (Å²) in [6.07, 6.45) is 2.53. The molecule has 0 radical (unpaired) electrons. The Hall–Kier alpha value is 0.220. The zero-order valence-electron chi connectivity index (χ0n) is 8.82. The molecule has 0 aromatic rings. The van der Waals surface area contributed by atoms with Crippen LogP contribution < -0.4 is 10.5 Å². The maximum Gasteiger partial charge on any atom is 0.211 e. The largest absolute Gasteiger partial charge is 0.330 e. The van der Waals surface area contributed by atoms with Crippen LogP contribution in [0, 0.1) is 5.92 Å². The van der Waals surface area contributed by atoms with Crippen molar-refractivity contribution in [1.29, 1.82) is 0 Å². The third kappa shape index (κ3) is 7.61. The number of hydrogen-bond acceptors (Lipinski definition) is 4. The summed E-state index contributed by atoms with van der Waals surface area (Å²) >= 11 is 1.72. The number of rotatable bonds is 8. The van der Waals surface area contributed by atoms with Crippen LogP contribution in [0.2, 0.25) is 0 Å². The van der Waals surface area contributed by atoms with E-state index in [-0.39, 0.29) is 5.75 Å². The number of hydrogen-bond donors (Lipinski definition) is 2. The number of sulfonamides is 1. The van der Waals surface area contributed by atoms with Crippen LogP contribution in [0.15, 0.2) is 0 Å². The molecular weight excluding hydrogens is 220 g/mol. The highest BCUT2D eigenvalue weighted by Crippen LogP contribution is 2.03. The lowest BCUT2D eigenvalue weighted by Crippen LogP contribution is -2.31. The van der Waals surface area contributed by atoms with Gasteiger partial charge in [0, 0.05) is 6.54 Å². The van der Waals surface area contributed by atoms with Gasteiger partial charge in [-0.25, -0.2) is 13.1 Å². The molecule has 0 bridgehead atoms. The molecule has 0 heterocycles. The SMILES string of the molecule is CSCC(C)CNS(=O)(=O)CCCN. The molecule has 0 rings (SSSR count). The highest BCUT2D eigenvalue weighted by molar-refractivity contribution is 7.98. The fourth-order valence-corrected chi connectivity index (χ4v) is 2.87. The standard InChI is InChI=1S/C8H20N2O2S2/c1-8(7-13-2)6-10-14(11,12)5-3-4-9/h8,10H,3-7,9H2,1-2H3. The minimum atomic E-state index is -3.10. The van der Waals surface area contributed by atoms with Crippen LogP contribution in [0.1, 0.15) is 13.3 Å². The van der Waals surface area contributed by atoms with Gasteiger partial charge in [0.05, 0.1) is 5.75 Å². The van der Waals surface area contributed by atoms with E-state index in [4.69, 9.17) is 5.73 Å². The van der Waals surface area contributed by atoms with E-state index in [1.165, 1.54) is 0 Å². The molecule has 0 aromatic carbocycles. The van der Waals surface area contributed by atoms with Crippen LogP contribution >= 0.6 is 11.8 Å². The fourth-order valence-electron chi connectivity index (χ4n) is 0.958. The summed E-state index contributed by atoms with van der Waals surface area (Å²) in [4.78, 5) is 0. The Labute approximate surface area is 91.1 Å². The second kappa shape index (κ2) is 7.50. The minimum Gasteiger partial charge on any atom is -0.330 e. The van der Waals surface area contributed by atoms with Gasteiger partial charge in [-0.15, -0.1) is 0 Å². The molecule has 86 valence electrons. The second-order valence-corrected chi connectivity index (χ2v) is 6.21. The highest BCUT2D eigenvalue weighted by Gasteiger charge is 2.10. The van der Waals surface area contributed by atoms with Crippen LogP contribution in [-0.4, -0.2) is 39.3 Å². The lowest BCUT2D eigenvalue weighted by Gasteiger charge is -2.11. The Morgan fingerprint density at radius 3 is 2.64 bits per heavy atom.